The van der Waals surface area contributed by atoms with Gasteiger partial charge in [0.1, 0.15) is 0 Å². The Balaban J connectivity index is 0.000000224. The fourth-order valence-electron chi connectivity index (χ4n) is 1.87. The van der Waals surface area contributed by atoms with Gasteiger partial charge in [0.2, 0.25) is 0 Å². The Morgan fingerprint density at radius 2 is 1.63 bits per heavy atom. The third-order valence-electron chi connectivity index (χ3n) is 2.99. The third-order valence-corrected chi connectivity index (χ3v) is 2.99. The van der Waals surface area contributed by atoms with Crippen molar-refractivity contribution < 1.29 is 5.21 Å². The van der Waals surface area contributed by atoms with E-state index < -0.39 is 0 Å². The molecule has 0 amide bonds. The van der Waals surface area contributed by atoms with Crippen molar-refractivity contribution in [2.45, 2.75) is 46.0 Å². The van der Waals surface area contributed by atoms with Crippen LogP contribution in [0.1, 0.15) is 46.0 Å². The molecule has 0 spiro atoms. The third kappa shape index (κ3) is 4.78. The van der Waals surface area contributed by atoms with Gasteiger partial charge in [-0.3, -0.25) is 4.79 Å². The Bertz CT molecular complexity index is 542. The number of hydrogen-bond donors (Lipinski definition) is 1. The van der Waals surface area contributed by atoms with Crippen molar-refractivity contribution in [3.8, 4) is 0 Å². The maximum absolute atomic E-state index is 11.2. The summed E-state index contributed by atoms with van der Waals surface area (Å²) in [6.45, 7) is 4.49. The predicted octanol–water partition coefficient (Wildman–Crippen LogP) is 4.22. The number of unbranched alkanes of at least 4 members (excludes halogenated alkanes) is 4. The first-order chi connectivity index (χ1) is 9.20. The zero-order valence-corrected chi connectivity index (χ0v) is 11.8. The van der Waals surface area contributed by atoms with Crippen molar-refractivity contribution >= 4 is 10.9 Å². The van der Waals surface area contributed by atoms with Crippen molar-refractivity contribution in [2.24, 2.45) is 0 Å². The minimum absolute atomic E-state index is 0.0732. The molecule has 1 aromatic carbocycles. The first kappa shape index (κ1) is 15.3. The molecule has 0 aliphatic rings. The number of benzene rings is 1. The van der Waals surface area contributed by atoms with Gasteiger partial charge in [-0.15, -0.1) is 0 Å². The molecule has 0 aliphatic heterocycles. The number of fused-ring (bicyclic) bond motifs is 1. The summed E-state index contributed by atoms with van der Waals surface area (Å²) >= 11 is 0. The molecule has 3 nitrogen and oxygen atoms in total. The lowest BCUT2D eigenvalue weighted by Crippen LogP contribution is -2.04. The summed E-state index contributed by atoms with van der Waals surface area (Å²) in [5, 5.41) is 9.80. The zero-order chi connectivity index (χ0) is 14.1. The Morgan fingerprint density at radius 3 is 2.21 bits per heavy atom. The Kier molecular flexibility index (Phi) is 6.72. The molecule has 19 heavy (non-hydrogen) atoms. The standard InChI is InChI=1S/C9H7NO2.C7H16/c11-9-5-6-10(12)8-4-2-1-3-7(8)9;1-3-5-7-6-4-2/h1-6,12H;3-7H2,1-2H3. The highest BCUT2D eigenvalue weighted by molar-refractivity contribution is 5.78. The van der Waals surface area contributed by atoms with Gasteiger partial charge in [-0.25, -0.2) is 0 Å². The normalized spacial score (nSPS) is 10.0. The van der Waals surface area contributed by atoms with Crippen LogP contribution < -0.4 is 5.43 Å². The van der Waals surface area contributed by atoms with E-state index in [9.17, 15) is 10.0 Å². The molecule has 0 fully saturated rings. The molecule has 1 heterocycles. The van der Waals surface area contributed by atoms with E-state index in [2.05, 4.69) is 13.8 Å². The number of hydrogen-bond acceptors (Lipinski definition) is 2. The van der Waals surface area contributed by atoms with Crippen LogP contribution >= 0.6 is 0 Å². The van der Waals surface area contributed by atoms with Crippen molar-refractivity contribution in [3.63, 3.8) is 0 Å². The summed E-state index contributed by atoms with van der Waals surface area (Å²) < 4.78 is 0.941. The van der Waals surface area contributed by atoms with Crippen LogP contribution in [0.4, 0.5) is 0 Å². The second-order valence-corrected chi connectivity index (χ2v) is 4.60. The SMILES string of the molecule is CCCCCCC.O=c1ccn(O)c2ccccc12. The fourth-order valence-corrected chi connectivity index (χ4v) is 1.87. The Labute approximate surface area is 114 Å². The highest BCUT2D eigenvalue weighted by Gasteiger charge is 1.98. The van der Waals surface area contributed by atoms with E-state index in [4.69, 9.17) is 0 Å². The minimum Gasteiger partial charge on any atom is -0.428 e. The van der Waals surface area contributed by atoms with E-state index in [1.54, 1.807) is 24.3 Å². The summed E-state index contributed by atoms with van der Waals surface area (Å²) in [7, 11) is 0. The van der Waals surface area contributed by atoms with E-state index in [1.165, 1.54) is 44.4 Å². The van der Waals surface area contributed by atoms with E-state index in [1.807, 2.05) is 0 Å². The molecule has 0 saturated heterocycles. The average Bonchev–Trinajstić information content (AvgIpc) is 2.45. The van der Waals surface area contributed by atoms with Crippen LogP contribution in [0.2, 0.25) is 0 Å². The molecule has 0 unspecified atom stereocenters. The first-order valence-corrected chi connectivity index (χ1v) is 7.00. The summed E-state index contributed by atoms with van der Waals surface area (Å²) in [6, 6.07) is 8.25. The number of para-hydroxylation sites is 1. The number of rotatable bonds is 4. The molecule has 0 radical (unpaired) electrons. The van der Waals surface area contributed by atoms with Gasteiger partial charge in [-0.1, -0.05) is 58.1 Å². The van der Waals surface area contributed by atoms with Crippen molar-refractivity contribution in [1.29, 1.82) is 0 Å². The molecule has 2 aromatic rings. The Hall–Kier alpha value is -1.77. The van der Waals surface area contributed by atoms with E-state index in [0.717, 1.165) is 4.73 Å². The molecule has 0 saturated carbocycles. The van der Waals surface area contributed by atoms with E-state index in [-0.39, 0.29) is 5.43 Å². The van der Waals surface area contributed by atoms with Crippen LogP contribution in [0.5, 0.6) is 0 Å². The predicted molar refractivity (Wildman–Crippen MR) is 79.8 cm³/mol. The Morgan fingerprint density at radius 1 is 1.00 bits per heavy atom. The van der Waals surface area contributed by atoms with Crippen LogP contribution in [-0.4, -0.2) is 9.94 Å². The molecule has 3 heteroatoms. The summed E-state index contributed by atoms with van der Waals surface area (Å²) in [5.41, 5.74) is 0.459. The number of pyridine rings is 1. The van der Waals surface area contributed by atoms with E-state index >= 15 is 0 Å². The van der Waals surface area contributed by atoms with Crippen LogP contribution in [0.25, 0.3) is 10.9 Å². The van der Waals surface area contributed by atoms with Gasteiger partial charge in [-0.2, -0.15) is 4.73 Å². The molecule has 1 N–H and O–H groups in total. The highest BCUT2D eigenvalue weighted by Crippen LogP contribution is 2.06. The van der Waals surface area contributed by atoms with Crippen LogP contribution in [0.15, 0.2) is 41.3 Å². The lowest BCUT2D eigenvalue weighted by atomic mass is 10.2. The molecule has 0 atom stereocenters. The smallest absolute Gasteiger partial charge is 0.189 e. The van der Waals surface area contributed by atoms with E-state index in [0.29, 0.717) is 10.9 Å². The quantitative estimate of drug-likeness (QED) is 0.661. The molecule has 0 bridgehead atoms. The average molecular weight is 261 g/mol. The first-order valence-electron chi connectivity index (χ1n) is 7.00. The summed E-state index contributed by atoms with van der Waals surface area (Å²) in [4.78, 5) is 11.2. The van der Waals surface area contributed by atoms with Crippen LogP contribution in [0, 0.1) is 0 Å². The van der Waals surface area contributed by atoms with Gasteiger partial charge in [0.15, 0.2) is 5.43 Å². The zero-order valence-electron chi connectivity index (χ0n) is 11.8. The van der Waals surface area contributed by atoms with Crippen LogP contribution in [0.3, 0.4) is 0 Å². The van der Waals surface area contributed by atoms with Gasteiger partial charge in [-0.05, 0) is 12.1 Å². The molecule has 1 aromatic heterocycles. The monoisotopic (exact) mass is 261 g/mol. The number of aromatic nitrogens is 1. The fraction of sp³-hybridized carbons (Fsp3) is 0.438. The van der Waals surface area contributed by atoms with Gasteiger partial charge >= 0.3 is 0 Å². The number of nitrogens with zero attached hydrogens (tertiary/aromatic N) is 1. The maximum atomic E-state index is 11.2. The molecule has 104 valence electrons. The lowest BCUT2D eigenvalue weighted by Gasteiger charge is -2.00. The van der Waals surface area contributed by atoms with Gasteiger partial charge < -0.3 is 5.21 Å². The van der Waals surface area contributed by atoms with Crippen molar-refractivity contribution in [3.05, 3.63) is 46.8 Å². The lowest BCUT2D eigenvalue weighted by molar-refractivity contribution is 0.198. The topological polar surface area (TPSA) is 42.2 Å². The van der Waals surface area contributed by atoms with Gasteiger partial charge in [0.25, 0.3) is 0 Å². The summed E-state index contributed by atoms with van der Waals surface area (Å²) in [6.07, 6.45) is 8.35. The maximum Gasteiger partial charge on any atom is 0.189 e. The second-order valence-electron chi connectivity index (χ2n) is 4.60. The highest BCUT2D eigenvalue weighted by atomic mass is 16.5. The van der Waals surface area contributed by atoms with Crippen molar-refractivity contribution in [2.75, 3.05) is 0 Å². The minimum atomic E-state index is -0.0732. The van der Waals surface area contributed by atoms with Crippen molar-refractivity contribution in [1.82, 2.24) is 4.73 Å². The largest absolute Gasteiger partial charge is 0.428 e. The molecular formula is C16H23NO2. The van der Waals surface area contributed by atoms with Gasteiger partial charge in [0, 0.05) is 17.6 Å². The molecule has 0 aliphatic carbocycles. The second kappa shape index (κ2) is 8.35. The molecular weight excluding hydrogens is 238 g/mol. The van der Waals surface area contributed by atoms with Gasteiger partial charge in [0.05, 0.1) is 5.52 Å². The van der Waals surface area contributed by atoms with Crippen LogP contribution in [-0.2, 0) is 0 Å². The summed E-state index contributed by atoms with van der Waals surface area (Å²) in [5.74, 6) is 0. The molecule has 2 rings (SSSR count).